The van der Waals surface area contributed by atoms with E-state index in [1.54, 1.807) is 0 Å². The Kier molecular flexibility index (Phi) is 5.27. The van der Waals surface area contributed by atoms with Gasteiger partial charge in [0.2, 0.25) is 5.89 Å². The van der Waals surface area contributed by atoms with Crippen molar-refractivity contribution >= 4 is 11.6 Å². The molecule has 2 aromatic rings. The van der Waals surface area contributed by atoms with Crippen LogP contribution in [0.1, 0.15) is 23.4 Å². The molecule has 1 saturated heterocycles. The number of aryl methyl sites for hydroxylation is 1. The molecule has 1 fully saturated rings. The van der Waals surface area contributed by atoms with Gasteiger partial charge in [0.25, 0.3) is 0 Å². The van der Waals surface area contributed by atoms with E-state index in [1.807, 2.05) is 31.2 Å². The third kappa shape index (κ3) is 4.51. The number of aliphatic hydroxyl groups is 1. The summed E-state index contributed by atoms with van der Waals surface area (Å²) in [6.45, 7) is 6.78. The summed E-state index contributed by atoms with van der Waals surface area (Å²) < 4.78 is 5.16. The van der Waals surface area contributed by atoms with Crippen LogP contribution < -0.4 is 0 Å². The summed E-state index contributed by atoms with van der Waals surface area (Å²) in [5, 5.41) is 14.8. The summed E-state index contributed by atoms with van der Waals surface area (Å²) in [6.07, 6.45) is -0.515. The van der Waals surface area contributed by atoms with Crippen LogP contribution >= 0.6 is 11.6 Å². The van der Waals surface area contributed by atoms with Gasteiger partial charge in [0.15, 0.2) is 5.82 Å². The second-order valence-corrected chi connectivity index (χ2v) is 6.32. The highest BCUT2D eigenvalue weighted by Crippen LogP contribution is 2.19. The minimum Gasteiger partial charge on any atom is -0.387 e. The van der Waals surface area contributed by atoms with Gasteiger partial charge in [-0.3, -0.25) is 9.80 Å². The van der Waals surface area contributed by atoms with E-state index >= 15 is 0 Å². The molecule has 124 valence electrons. The molecule has 1 aliphatic rings. The molecule has 0 bridgehead atoms. The predicted octanol–water partition coefficient (Wildman–Crippen LogP) is 1.88. The second-order valence-electron chi connectivity index (χ2n) is 5.88. The van der Waals surface area contributed by atoms with Gasteiger partial charge in [-0.25, -0.2) is 0 Å². The molecule has 1 aliphatic heterocycles. The van der Waals surface area contributed by atoms with Gasteiger partial charge in [-0.1, -0.05) is 28.9 Å². The molecule has 1 unspecified atom stereocenters. The van der Waals surface area contributed by atoms with E-state index < -0.39 is 6.10 Å². The van der Waals surface area contributed by atoms with E-state index in [0.29, 0.717) is 29.8 Å². The summed E-state index contributed by atoms with van der Waals surface area (Å²) in [6, 6.07) is 7.41. The van der Waals surface area contributed by atoms with Crippen molar-refractivity contribution in [2.24, 2.45) is 0 Å². The molecular formula is C16H21ClN4O2. The zero-order valence-corrected chi connectivity index (χ0v) is 13.9. The summed E-state index contributed by atoms with van der Waals surface area (Å²) in [7, 11) is 0. The van der Waals surface area contributed by atoms with Crippen LogP contribution in [0.15, 0.2) is 28.8 Å². The smallest absolute Gasteiger partial charge is 0.240 e. The number of halogens is 1. The lowest BCUT2D eigenvalue weighted by molar-refractivity contribution is 0.0663. The van der Waals surface area contributed by atoms with E-state index in [-0.39, 0.29) is 0 Å². The van der Waals surface area contributed by atoms with E-state index in [0.717, 1.165) is 31.7 Å². The molecule has 7 heteroatoms. The molecule has 2 heterocycles. The highest BCUT2D eigenvalue weighted by atomic mass is 35.5. The van der Waals surface area contributed by atoms with Gasteiger partial charge >= 0.3 is 0 Å². The van der Waals surface area contributed by atoms with E-state index in [9.17, 15) is 5.11 Å². The Bertz CT molecular complexity index is 641. The number of hydrogen-bond acceptors (Lipinski definition) is 6. The zero-order valence-electron chi connectivity index (χ0n) is 13.2. The quantitative estimate of drug-likeness (QED) is 0.899. The molecule has 3 rings (SSSR count). The Morgan fingerprint density at radius 3 is 2.65 bits per heavy atom. The summed E-state index contributed by atoms with van der Waals surface area (Å²) >= 11 is 5.98. The van der Waals surface area contributed by atoms with Crippen molar-refractivity contribution in [3.63, 3.8) is 0 Å². The Morgan fingerprint density at radius 1 is 1.26 bits per heavy atom. The number of benzene rings is 1. The average molecular weight is 337 g/mol. The maximum atomic E-state index is 10.4. The lowest BCUT2D eigenvalue weighted by Gasteiger charge is -2.34. The van der Waals surface area contributed by atoms with Crippen LogP contribution in [0.5, 0.6) is 0 Å². The highest BCUT2D eigenvalue weighted by Gasteiger charge is 2.21. The van der Waals surface area contributed by atoms with Crippen molar-refractivity contribution in [2.75, 3.05) is 32.7 Å². The lowest BCUT2D eigenvalue weighted by atomic mass is 10.1. The summed E-state index contributed by atoms with van der Waals surface area (Å²) in [5.41, 5.74) is 0.862. The molecule has 1 aromatic heterocycles. The fourth-order valence-electron chi connectivity index (χ4n) is 2.79. The molecule has 0 radical (unpaired) electrons. The number of nitrogens with zero attached hydrogens (tertiary/aromatic N) is 4. The monoisotopic (exact) mass is 336 g/mol. The molecule has 6 nitrogen and oxygen atoms in total. The third-order valence-electron chi connectivity index (χ3n) is 4.06. The molecular weight excluding hydrogens is 316 g/mol. The van der Waals surface area contributed by atoms with Crippen LogP contribution in [0, 0.1) is 6.92 Å². The van der Waals surface area contributed by atoms with E-state index in [4.69, 9.17) is 16.1 Å². The van der Waals surface area contributed by atoms with Crippen molar-refractivity contribution in [1.29, 1.82) is 0 Å². The Morgan fingerprint density at radius 2 is 2.00 bits per heavy atom. The molecule has 0 spiro atoms. The van der Waals surface area contributed by atoms with Gasteiger partial charge in [-0.2, -0.15) is 4.98 Å². The van der Waals surface area contributed by atoms with Gasteiger partial charge in [0.05, 0.1) is 12.6 Å². The minimum absolute atomic E-state index is 0.515. The second kappa shape index (κ2) is 7.40. The van der Waals surface area contributed by atoms with E-state index in [2.05, 4.69) is 19.9 Å². The normalized spacial score (nSPS) is 18.2. The van der Waals surface area contributed by atoms with E-state index in [1.165, 1.54) is 0 Å². The molecule has 1 aromatic carbocycles. The first-order chi connectivity index (χ1) is 11.1. The Hall–Kier alpha value is -1.47. The SMILES string of the molecule is Cc1noc(CN2CCN(CC(O)c3cccc(Cl)c3)CC2)n1. The highest BCUT2D eigenvalue weighted by molar-refractivity contribution is 6.30. The summed E-state index contributed by atoms with van der Waals surface area (Å²) in [5.74, 6) is 1.33. The largest absolute Gasteiger partial charge is 0.387 e. The predicted molar refractivity (Wildman–Crippen MR) is 87.2 cm³/mol. The molecule has 1 N–H and O–H groups in total. The molecule has 1 atom stereocenters. The minimum atomic E-state index is -0.515. The number of piperazine rings is 1. The first kappa shape index (κ1) is 16.4. The van der Waals surface area contributed by atoms with Gasteiger partial charge in [-0.15, -0.1) is 0 Å². The summed E-state index contributed by atoms with van der Waals surface area (Å²) in [4.78, 5) is 8.79. The zero-order chi connectivity index (χ0) is 16.2. The fourth-order valence-corrected chi connectivity index (χ4v) is 2.99. The topological polar surface area (TPSA) is 65.6 Å². The van der Waals surface area contributed by atoms with Crippen LogP contribution in [0.2, 0.25) is 5.02 Å². The molecule has 0 amide bonds. The van der Waals surface area contributed by atoms with Crippen LogP contribution in [0.3, 0.4) is 0 Å². The lowest BCUT2D eigenvalue weighted by Crippen LogP contribution is -2.47. The van der Waals surface area contributed by atoms with Crippen LogP contribution in [-0.2, 0) is 6.54 Å². The first-order valence-electron chi connectivity index (χ1n) is 7.77. The standard InChI is InChI=1S/C16H21ClN4O2/c1-12-18-16(23-19-12)11-21-7-5-20(6-8-21)10-15(22)13-3-2-4-14(17)9-13/h2-4,9,15,22H,5-8,10-11H2,1H3. The van der Waals surface area contributed by atoms with Crippen LogP contribution in [0.25, 0.3) is 0 Å². The van der Waals surface area contributed by atoms with Crippen molar-refractivity contribution in [1.82, 2.24) is 19.9 Å². The number of aromatic nitrogens is 2. The number of hydrogen-bond donors (Lipinski definition) is 1. The molecule has 0 aliphatic carbocycles. The molecule has 0 saturated carbocycles. The van der Waals surface area contributed by atoms with Crippen molar-refractivity contribution < 1.29 is 9.63 Å². The van der Waals surface area contributed by atoms with Crippen molar-refractivity contribution in [2.45, 2.75) is 19.6 Å². The Labute approximate surface area is 140 Å². The van der Waals surface area contributed by atoms with Gasteiger partial charge < -0.3 is 9.63 Å². The molecule has 23 heavy (non-hydrogen) atoms. The number of aliphatic hydroxyl groups excluding tert-OH is 1. The number of rotatable bonds is 5. The van der Waals surface area contributed by atoms with Crippen molar-refractivity contribution in [3.05, 3.63) is 46.6 Å². The number of β-amino-alcohol motifs (C(OH)–C–C–N with tert-alkyl or cyclic N) is 1. The average Bonchev–Trinajstić information content (AvgIpc) is 2.94. The maximum Gasteiger partial charge on any atom is 0.240 e. The fraction of sp³-hybridized carbons (Fsp3) is 0.500. The third-order valence-corrected chi connectivity index (χ3v) is 4.29. The van der Waals surface area contributed by atoms with Gasteiger partial charge in [-0.05, 0) is 24.6 Å². The van der Waals surface area contributed by atoms with Crippen LogP contribution in [0.4, 0.5) is 0 Å². The van der Waals surface area contributed by atoms with Crippen molar-refractivity contribution in [3.8, 4) is 0 Å². The van der Waals surface area contributed by atoms with Gasteiger partial charge in [0.1, 0.15) is 0 Å². The van der Waals surface area contributed by atoms with Crippen LogP contribution in [-0.4, -0.2) is 57.8 Å². The van der Waals surface area contributed by atoms with Gasteiger partial charge in [0, 0.05) is 37.7 Å². The Balaban J connectivity index is 1.47. The maximum absolute atomic E-state index is 10.4. The first-order valence-corrected chi connectivity index (χ1v) is 8.15.